The normalized spacial score (nSPS) is 15.2. The highest BCUT2D eigenvalue weighted by atomic mass is 35.5. The average molecular weight is 530 g/mol. The van der Waals surface area contributed by atoms with Gasteiger partial charge in [-0.15, -0.1) is 0 Å². The molecule has 1 atom stereocenters. The highest BCUT2D eigenvalue weighted by molar-refractivity contribution is 6.42. The molecule has 1 aliphatic carbocycles. The zero-order valence-corrected chi connectivity index (χ0v) is 21.6. The van der Waals surface area contributed by atoms with Crippen molar-refractivity contribution in [3.8, 4) is 0 Å². The molecule has 0 aromatic heterocycles. The molecule has 2 aromatic carbocycles. The topological polar surface area (TPSA) is 49.4 Å². The van der Waals surface area contributed by atoms with Crippen LogP contribution in [0.4, 0.5) is 0 Å². The molecular formula is C25H28Cl4N2O2. The SMILES string of the molecule is CCC(C(=O)NC1CCCCC1)N(Cc1ccc(Cl)c(Cl)c1)C(=O)Cc1ccc(Cl)c(Cl)c1. The number of nitrogens with zero attached hydrogens (tertiary/aromatic N) is 1. The summed E-state index contributed by atoms with van der Waals surface area (Å²) in [5, 5.41) is 4.84. The van der Waals surface area contributed by atoms with Gasteiger partial charge in [0.15, 0.2) is 0 Å². The lowest BCUT2D eigenvalue weighted by Crippen LogP contribution is -2.51. The van der Waals surface area contributed by atoms with Crippen LogP contribution in [0.3, 0.4) is 0 Å². The summed E-state index contributed by atoms with van der Waals surface area (Å²) >= 11 is 24.4. The van der Waals surface area contributed by atoms with E-state index >= 15 is 0 Å². The van der Waals surface area contributed by atoms with Gasteiger partial charge in [-0.2, -0.15) is 0 Å². The Labute approximate surface area is 215 Å². The molecule has 33 heavy (non-hydrogen) atoms. The van der Waals surface area contributed by atoms with Crippen molar-refractivity contribution < 1.29 is 9.59 Å². The molecule has 0 bridgehead atoms. The third kappa shape index (κ3) is 7.26. The predicted octanol–water partition coefficient (Wildman–Crippen LogP) is 7.10. The molecule has 4 nitrogen and oxygen atoms in total. The number of hydrogen-bond acceptors (Lipinski definition) is 2. The van der Waals surface area contributed by atoms with Crippen LogP contribution < -0.4 is 5.32 Å². The molecular weight excluding hydrogens is 502 g/mol. The van der Waals surface area contributed by atoms with E-state index in [4.69, 9.17) is 46.4 Å². The fraction of sp³-hybridized carbons (Fsp3) is 0.440. The van der Waals surface area contributed by atoms with Crippen LogP contribution in [0, 0.1) is 0 Å². The van der Waals surface area contributed by atoms with E-state index < -0.39 is 6.04 Å². The van der Waals surface area contributed by atoms with Crippen LogP contribution in [-0.4, -0.2) is 28.8 Å². The minimum Gasteiger partial charge on any atom is -0.352 e. The molecule has 0 aliphatic heterocycles. The molecule has 0 spiro atoms. The number of hydrogen-bond donors (Lipinski definition) is 1. The first-order chi connectivity index (χ1) is 15.8. The van der Waals surface area contributed by atoms with Crippen LogP contribution in [0.2, 0.25) is 20.1 Å². The van der Waals surface area contributed by atoms with E-state index in [9.17, 15) is 9.59 Å². The maximum Gasteiger partial charge on any atom is 0.243 e. The Bertz CT molecular complexity index is 992. The molecule has 0 radical (unpaired) electrons. The third-order valence-corrected chi connectivity index (χ3v) is 7.49. The number of nitrogens with one attached hydrogen (secondary N) is 1. The number of rotatable bonds is 8. The second-order valence-electron chi connectivity index (χ2n) is 8.46. The highest BCUT2D eigenvalue weighted by Gasteiger charge is 2.30. The van der Waals surface area contributed by atoms with E-state index in [0.29, 0.717) is 26.5 Å². The van der Waals surface area contributed by atoms with Gasteiger partial charge < -0.3 is 10.2 Å². The maximum atomic E-state index is 13.5. The van der Waals surface area contributed by atoms with Gasteiger partial charge in [-0.1, -0.05) is 84.7 Å². The largest absolute Gasteiger partial charge is 0.352 e. The summed E-state index contributed by atoms with van der Waals surface area (Å²) in [4.78, 5) is 28.4. The summed E-state index contributed by atoms with van der Waals surface area (Å²) in [6.07, 6.45) is 5.99. The molecule has 1 aliphatic rings. The number of carbonyl (C=O) groups is 2. The van der Waals surface area contributed by atoms with E-state index in [-0.39, 0.29) is 30.8 Å². The summed E-state index contributed by atoms with van der Waals surface area (Å²) < 4.78 is 0. The fourth-order valence-corrected chi connectivity index (χ4v) is 4.87. The minimum absolute atomic E-state index is 0.103. The standard InChI is InChI=1S/C25H28Cl4N2O2/c1-2-23(25(33)30-18-6-4-3-5-7-18)31(15-17-9-11-20(27)22(29)13-17)24(32)14-16-8-10-19(26)21(28)12-16/h8-13,18,23H,2-7,14-15H2,1H3,(H,30,33). The van der Waals surface area contributed by atoms with Crippen molar-refractivity contribution >= 4 is 58.2 Å². The van der Waals surface area contributed by atoms with Crippen molar-refractivity contribution in [3.63, 3.8) is 0 Å². The Morgan fingerprint density at radius 2 is 1.48 bits per heavy atom. The van der Waals surface area contributed by atoms with Crippen LogP contribution in [0.5, 0.6) is 0 Å². The Morgan fingerprint density at radius 1 is 0.909 bits per heavy atom. The minimum atomic E-state index is -0.600. The summed E-state index contributed by atoms with van der Waals surface area (Å²) in [6, 6.07) is 9.93. The first-order valence-corrected chi connectivity index (χ1v) is 12.8. The molecule has 0 heterocycles. The Balaban J connectivity index is 1.84. The van der Waals surface area contributed by atoms with Gasteiger partial charge in [0.1, 0.15) is 6.04 Å². The number of benzene rings is 2. The molecule has 2 aromatic rings. The lowest BCUT2D eigenvalue weighted by molar-refractivity contribution is -0.141. The van der Waals surface area contributed by atoms with Crippen molar-refractivity contribution in [2.75, 3.05) is 0 Å². The first-order valence-electron chi connectivity index (χ1n) is 11.3. The molecule has 1 N–H and O–H groups in total. The second-order valence-corrected chi connectivity index (χ2v) is 10.1. The van der Waals surface area contributed by atoms with E-state index in [1.807, 2.05) is 13.0 Å². The van der Waals surface area contributed by atoms with Crippen molar-refractivity contribution in [3.05, 3.63) is 67.6 Å². The lowest BCUT2D eigenvalue weighted by atomic mass is 9.95. The van der Waals surface area contributed by atoms with E-state index in [0.717, 1.165) is 36.8 Å². The maximum absolute atomic E-state index is 13.5. The van der Waals surface area contributed by atoms with Crippen LogP contribution in [0.15, 0.2) is 36.4 Å². The number of carbonyl (C=O) groups excluding carboxylic acids is 2. The van der Waals surface area contributed by atoms with Gasteiger partial charge in [0.25, 0.3) is 0 Å². The zero-order valence-electron chi connectivity index (χ0n) is 18.6. The second kappa shape index (κ2) is 12.3. The number of halogens is 4. The van der Waals surface area contributed by atoms with Gasteiger partial charge in [0.05, 0.1) is 26.5 Å². The highest BCUT2D eigenvalue weighted by Crippen LogP contribution is 2.26. The van der Waals surface area contributed by atoms with Crippen molar-refractivity contribution in [2.45, 2.75) is 70.5 Å². The zero-order chi connectivity index (χ0) is 24.0. The fourth-order valence-electron chi connectivity index (χ4n) is 4.22. The molecule has 2 amide bonds. The van der Waals surface area contributed by atoms with Crippen LogP contribution >= 0.6 is 46.4 Å². The van der Waals surface area contributed by atoms with Crippen molar-refractivity contribution in [1.82, 2.24) is 10.2 Å². The number of amides is 2. The van der Waals surface area contributed by atoms with Gasteiger partial charge in [-0.05, 0) is 54.7 Å². The van der Waals surface area contributed by atoms with Crippen LogP contribution in [-0.2, 0) is 22.6 Å². The van der Waals surface area contributed by atoms with E-state index in [1.165, 1.54) is 6.42 Å². The average Bonchev–Trinajstić information content (AvgIpc) is 2.79. The molecule has 178 valence electrons. The summed E-state index contributed by atoms with van der Waals surface area (Å²) in [7, 11) is 0. The Hall–Kier alpha value is -1.46. The monoisotopic (exact) mass is 528 g/mol. The third-order valence-electron chi connectivity index (χ3n) is 6.01. The van der Waals surface area contributed by atoms with Gasteiger partial charge in [-0.3, -0.25) is 9.59 Å². The Morgan fingerprint density at radius 3 is 2.06 bits per heavy atom. The van der Waals surface area contributed by atoms with Crippen molar-refractivity contribution in [2.24, 2.45) is 0 Å². The lowest BCUT2D eigenvalue weighted by Gasteiger charge is -2.33. The Kier molecular flexibility index (Phi) is 9.75. The predicted molar refractivity (Wildman–Crippen MR) is 136 cm³/mol. The molecule has 1 fully saturated rings. The summed E-state index contributed by atoms with van der Waals surface area (Å²) in [5.74, 6) is -0.294. The molecule has 8 heteroatoms. The van der Waals surface area contributed by atoms with Gasteiger partial charge >= 0.3 is 0 Å². The smallest absolute Gasteiger partial charge is 0.243 e. The van der Waals surface area contributed by atoms with Crippen LogP contribution in [0.25, 0.3) is 0 Å². The van der Waals surface area contributed by atoms with Gasteiger partial charge in [0.2, 0.25) is 11.8 Å². The molecule has 1 saturated carbocycles. The van der Waals surface area contributed by atoms with Gasteiger partial charge in [-0.25, -0.2) is 0 Å². The molecule has 0 saturated heterocycles. The molecule has 3 rings (SSSR count). The van der Waals surface area contributed by atoms with E-state index in [2.05, 4.69) is 5.32 Å². The van der Waals surface area contributed by atoms with E-state index in [1.54, 1.807) is 35.2 Å². The summed E-state index contributed by atoms with van der Waals surface area (Å²) in [5.41, 5.74) is 1.53. The first kappa shape index (κ1) is 26.2. The van der Waals surface area contributed by atoms with Gasteiger partial charge in [0, 0.05) is 12.6 Å². The quantitative estimate of drug-likeness (QED) is 0.396. The summed E-state index contributed by atoms with van der Waals surface area (Å²) in [6.45, 7) is 2.16. The van der Waals surface area contributed by atoms with Crippen LogP contribution in [0.1, 0.15) is 56.6 Å². The molecule has 1 unspecified atom stereocenters. The van der Waals surface area contributed by atoms with Crippen molar-refractivity contribution in [1.29, 1.82) is 0 Å².